The van der Waals surface area contributed by atoms with E-state index in [9.17, 15) is 10.1 Å². The molecule has 0 unspecified atom stereocenters. The minimum absolute atomic E-state index is 0.0423. The van der Waals surface area contributed by atoms with Crippen LogP contribution in [0.25, 0.3) is 11.3 Å². The number of aromatic nitrogens is 1. The molecule has 0 aliphatic carbocycles. The molecule has 1 aromatic heterocycles. The van der Waals surface area contributed by atoms with E-state index in [0.29, 0.717) is 29.4 Å². The van der Waals surface area contributed by atoms with Gasteiger partial charge in [0.2, 0.25) is 0 Å². The summed E-state index contributed by atoms with van der Waals surface area (Å²) in [5, 5.41) is 9.25. The van der Waals surface area contributed by atoms with Crippen molar-refractivity contribution in [2.24, 2.45) is 0 Å². The van der Waals surface area contributed by atoms with Gasteiger partial charge in [0, 0.05) is 49.0 Å². The smallest absolute Gasteiger partial charge is 0.254 e. The Hall–Kier alpha value is -2.97. The Morgan fingerprint density at radius 3 is 2.67 bits per heavy atom. The molecular formula is C22H24N4O. The van der Waals surface area contributed by atoms with E-state index < -0.39 is 0 Å². The third-order valence-electron chi connectivity index (χ3n) is 5.07. The Bertz CT molecular complexity index is 869. The van der Waals surface area contributed by atoms with Gasteiger partial charge in [0.1, 0.15) is 6.07 Å². The fourth-order valence-corrected chi connectivity index (χ4v) is 3.56. The van der Waals surface area contributed by atoms with E-state index in [4.69, 9.17) is 0 Å². The first-order valence-electron chi connectivity index (χ1n) is 9.16. The predicted octanol–water partition coefficient (Wildman–Crippen LogP) is 3.34. The fourth-order valence-electron chi connectivity index (χ4n) is 3.56. The lowest BCUT2D eigenvalue weighted by Gasteiger charge is -2.43. The minimum Gasteiger partial charge on any atom is -0.333 e. The number of amides is 1. The van der Waals surface area contributed by atoms with Crippen molar-refractivity contribution in [2.45, 2.75) is 25.9 Å². The lowest BCUT2D eigenvalue weighted by Crippen LogP contribution is -2.57. The van der Waals surface area contributed by atoms with Crippen LogP contribution < -0.4 is 0 Å². The quantitative estimate of drug-likeness (QED) is 0.785. The molecule has 2 aromatic rings. The van der Waals surface area contributed by atoms with E-state index in [1.54, 1.807) is 18.3 Å². The Morgan fingerprint density at radius 2 is 2.00 bits per heavy atom. The summed E-state index contributed by atoms with van der Waals surface area (Å²) >= 11 is 0. The number of nitriles is 1. The second kappa shape index (κ2) is 8.15. The molecule has 0 bridgehead atoms. The summed E-state index contributed by atoms with van der Waals surface area (Å²) in [4.78, 5) is 21.6. The maximum Gasteiger partial charge on any atom is 0.254 e. The van der Waals surface area contributed by atoms with Crippen molar-refractivity contribution in [1.82, 2.24) is 14.8 Å². The van der Waals surface area contributed by atoms with Crippen molar-refractivity contribution < 1.29 is 4.79 Å². The summed E-state index contributed by atoms with van der Waals surface area (Å²) in [5.74, 6) is 0.0423. The molecule has 138 valence electrons. The van der Waals surface area contributed by atoms with Crippen LogP contribution in [0.4, 0.5) is 0 Å². The predicted molar refractivity (Wildman–Crippen MR) is 106 cm³/mol. The van der Waals surface area contributed by atoms with E-state index in [2.05, 4.69) is 36.4 Å². The third kappa shape index (κ3) is 3.91. The number of benzene rings is 1. The van der Waals surface area contributed by atoms with Crippen molar-refractivity contribution >= 4 is 5.91 Å². The second-order valence-corrected chi connectivity index (χ2v) is 6.99. The molecule has 0 N–H and O–H groups in total. The fraction of sp³-hybridized carbons (Fsp3) is 0.318. The third-order valence-corrected chi connectivity index (χ3v) is 5.07. The van der Waals surface area contributed by atoms with E-state index in [0.717, 1.165) is 18.7 Å². The van der Waals surface area contributed by atoms with Crippen LogP contribution >= 0.6 is 0 Å². The van der Waals surface area contributed by atoms with Crippen LogP contribution in [0, 0.1) is 11.3 Å². The van der Waals surface area contributed by atoms with Crippen molar-refractivity contribution in [1.29, 1.82) is 5.26 Å². The van der Waals surface area contributed by atoms with Crippen LogP contribution in [0.2, 0.25) is 0 Å². The SMILES string of the molecule is C=CCN1C[C@@H](C)N(C(=O)c2ccc(-c3ncccc3C#N)cc2)C[C@H]1C. The van der Waals surface area contributed by atoms with E-state index in [1.165, 1.54) is 0 Å². The summed E-state index contributed by atoms with van der Waals surface area (Å²) in [6.45, 7) is 10.4. The molecule has 3 rings (SSSR count). The summed E-state index contributed by atoms with van der Waals surface area (Å²) in [6, 6.07) is 13.5. The molecule has 1 aromatic carbocycles. The number of carbonyl (C=O) groups is 1. The van der Waals surface area contributed by atoms with Gasteiger partial charge < -0.3 is 4.90 Å². The normalized spacial score (nSPS) is 20.1. The summed E-state index contributed by atoms with van der Waals surface area (Å²) < 4.78 is 0. The van der Waals surface area contributed by atoms with Gasteiger partial charge in [0.15, 0.2) is 0 Å². The number of pyridine rings is 1. The van der Waals surface area contributed by atoms with Crippen LogP contribution in [0.15, 0.2) is 55.3 Å². The molecule has 1 aliphatic heterocycles. The zero-order valence-corrected chi connectivity index (χ0v) is 15.8. The molecule has 27 heavy (non-hydrogen) atoms. The Kier molecular flexibility index (Phi) is 5.68. The molecule has 5 nitrogen and oxygen atoms in total. The van der Waals surface area contributed by atoms with Crippen LogP contribution in [-0.2, 0) is 0 Å². The molecule has 2 heterocycles. The topological polar surface area (TPSA) is 60.2 Å². The molecule has 1 amide bonds. The van der Waals surface area contributed by atoms with E-state index in [-0.39, 0.29) is 11.9 Å². The lowest BCUT2D eigenvalue weighted by atomic mass is 10.0. The van der Waals surface area contributed by atoms with Gasteiger partial charge >= 0.3 is 0 Å². The number of hydrogen-bond donors (Lipinski definition) is 0. The largest absolute Gasteiger partial charge is 0.333 e. The first-order valence-corrected chi connectivity index (χ1v) is 9.16. The molecule has 1 fully saturated rings. The Balaban J connectivity index is 1.78. The van der Waals surface area contributed by atoms with Crippen molar-refractivity contribution in [3.8, 4) is 17.3 Å². The van der Waals surface area contributed by atoms with Crippen LogP contribution in [-0.4, -0.2) is 52.4 Å². The van der Waals surface area contributed by atoms with Crippen molar-refractivity contribution in [3.63, 3.8) is 0 Å². The molecule has 1 saturated heterocycles. The van der Waals surface area contributed by atoms with Gasteiger partial charge in [-0.2, -0.15) is 5.26 Å². The highest BCUT2D eigenvalue weighted by atomic mass is 16.2. The number of carbonyl (C=O) groups excluding carboxylic acids is 1. The van der Waals surface area contributed by atoms with E-state index in [1.807, 2.05) is 35.2 Å². The minimum atomic E-state index is 0.0423. The Morgan fingerprint density at radius 1 is 1.26 bits per heavy atom. The molecule has 0 radical (unpaired) electrons. The first-order chi connectivity index (χ1) is 13.0. The average Bonchev–Trinajstić information content (AvgIpc) is 2.70. The van der Waals surface area contributed by atoms with Crippen LogP contribution in [0.3, 0.4) is 0 Å². The highest BCUT2D eigenvalue weighted by Gasteiger charge is 2.31. The lowest BCUT2D eigenvalue weighted by molar-refractivity contribution is 0.0355. The zero-order valence-electron chi connectivity index (χ0n) is 15.8. The van der Waals surface area contributed by atoms with Crippen LogP contribution in [0.1, 0.15) is 29.8 Å². The number of piperazine rings is 1. The molecule has 1 aliphatic rings. The van der Waals surface area contributed by atoms with Gasteiger partial charge in [0.25, 0.3) is 5.91 Å². The number of rotatable bonds is 4. The van der Waals surface area contributed by atoms with E-state index >= 15 is 0 Å². The maximum atomic E-state index is 13.0. The first kappa shape index (κ1) is 18.8. The molecule has 5 heteroatoms. The molecule has 0 saturated carbocycles. The highest BCUT2D eigenvalue weighted by Crippen LogP contribution is 2.23. The van der Waals surface area contributed by atoms with Crippen LogP contribution in [0.5, 0.6) is 0 Å². The highest BCUT2D eigenvalue weighted by molar-refractivity contribution is 5.95. The maximum absolute atomic E-state index is 13.0. The Labute approximate surface area is 160 Å². The van der Waals surface area contributed by atoms with Gasteiger partial charge in [-0.3, -0.25) is 14.7 Å². The van der Waals surface area contributed by atoms with Gasteiger partial charge in [-0.25, -0.2) is 0 Å². The van der Waals surface area contributed by atoms with Gasteiger partial charge in [-0.05, 0) is 38.1 Å². The molecular weight excluding hydrogens is 336 g/mol. The molecule has 2 atom stereocenters. The van der Waals surface area contributed by atoms with Gasteiger partial charge in [-0.15, -0.1) is 6.58 Å². The van der Waals surface area contributed by atoms with Crippen molar-refractivity contribution in [3.05, 3.63) is 66.4 Å². The number of hydrogen-bond acceptors (Lipinski definition) is 4. The summed E-state index contributed by atoms with van der Waals surface area (Å²) in [5.41, 5.74) is 2.65. The summed E-state index contributed by atoms with van der Waals surface area (Å²) in [7, 11) is 0. The average molecular weight is 360 g/mol. The molecule has 0 spiro atoms. The number of nitrogens with zero attached hydrogens (tertiary/aromatic N) is 4. The second-order valence-electron chi connectivity index (χ2n) is 6.99. The standard InChI is InChI=1S/C22H24N4O/c1-4-12-25-14-17(3)26(15-16(25)2)22(27)19-9-7-18(8-10-19)21-20(13-23)6-5-11-24-21/h4-11,16-17H,1,12,14-15H2,2-3H3/t16-,17-/m1/s1. The van der Waals surface area contributed by atoms with Gasteiger partial charge in [-0.1, -0.05) is 18.2 Å². The summed E-state index contributed by atoms with van der Waals surface area (Å²) in [6.07, 6.45) is 3.58. The van der Waals surface area contributed by atoms with Crippen molar-refractivity contribution in [2.75, 3.05) is 19.6 Å². The monoisotopic (exact) mass is 360 g/mol. The zero-order chi connectivity index (χ0) is 19.4. The van der Waals surface area contributed by atoms with Gasteiger partial charge in [0.05, 0.1) is 11.3 Å².